The molecule has 4 heteroatoms. The molecule has 0 amide bonds. The summed E-state index contributed by atoms with van der Waals surface area (Å²) >= 11 is 3.54. The van der Waals surface area contributed by atoms with Crippen LogP contribution in [0.25, 0.3) is 5.57 Å². The van der Waals surface area contributed by atoms with Crippen LogP contribution in [0.15, 0.2) is 46.9 Å². The highest BCUT2D eigenvalue weighted by atomic mass is 79.9. The Morgan fingerprint density at radius 1 is 1.26 bits per heavy atom. The van der Waals surface area contributed by atoms with Crippen molar-refractivity contribution < 1.29 is 14.3 Å². The zero-order chi connectivity index (χ0) is 19.6. The number of ketones is 1. The first-order valence-corrected chi connectivity index (χ1v) is 10.0. The molecule has 3 nitrogen and oxygen atoms in total. The first kappa shape index (κ1) is 19.7. The maximum atomic E-state index is 13.4. The van der Waals surface area contributed by atoms with E-state index in [9.17, 15) is 4.79 Å². The van der Waals surface area contributed by atoms with Gasteiger partial charge >= 0.3 is 0 Å². The largest absolute Gasteiger partial charge is 0.497 e. The standard InChI is InChI=1S/C23H25BrO3/c1-5-19(20-8-6-17(24)12-21(20)14(2)3)23(25)16-10-15-11-18(26-4)7-9-22(15)27-13-16/h5-9,11-12,14,16H,10,13H2,1-4H3/b19-5+. The van der Waals surface area contributed by atoms with E-state index in [1.54, 1.807) is 7.11 Å². The van der Waals surface area contributed by atoms with E-state index in [1.165, 1.54) is 5.56 Å². The molecule has 0 aromatic heterocycles. The molecule has 3 rings (SSSR count). The highest BCUT2D eigenvalue weighted by molar-refractivity contribution is 9.10. The van der Waals surface area contributed by atoms with Crippen LogP contribution < -0.4 is 9.47 Å². The Kier molecular flexibility index (Phi) is 6.05. The topological polar surface area (TPSA) is 35.5 Å². The minimum Gasteiger partial charge on any atom is -0.497 e. The maximum Gasteiger partial charge on any atom is 0.169 e. The lowest BCUT2D eigenvalue weighted by Crippen LogP contribution is -2.29. The average molecular weight is 429 g/mol. The van der Waals surface area contributed by atoms with E-state index in [2.05, 4.69) is 35.8 Å². The molecule has 0 aliphatic carbocycles. The van der Waals surface area contributed by atoms with Gasteiger partial charge in [-0.15, -0.1) is 0 Å². The summed E-state index contributed by atoms with van der Waals surface area (Å²) in [5, 5.41) is 0. The molecule has 0 saturated heterocycles. The predicted octanol–water partition coefficient (Wildman–Crippen LogP) is 5.80. The molecule has 0 fully saturated rings. The molecule has 1 atom stereocenters. The molecule has 2 aromatic carbocycles. The van der Waals surface area contributed by atoms with Gasteiger partial charge in [0, 0.05) is 10.0 Å². The van der Waals surface area contributed by atoms with Crippen LogP contribution in [0.4, 0.5) is 0 Å². The summed E-state index contributed by atoms with van der Waals surface area (Å²) < 4.78 is 12.2. The summed E-state index contributed by atoms with van der Waals surface area (Å²) in [5.41, 5.74) is 3.97. The van der Waals surface area contributed by atoms with Crippen molar-refractivity contribution >= 4 is 27.3 Å². The minimum atomic E-state index is -0.195. The zero-order valence-electron chi connectivity index (χ0n) is 16.2. The number of carbonyl (C=O) groups excluding carboxylic acids is 1. The van der Waals surface area contributed by atoms with Gasteiger partial charge in [0.15, 0.2) is 5.78 Å². The lowest BCUT2D eigenvalue weighted by molar-refractivity contribution is -0.118. The SMILES string of the molecule is C/C=C(/C(=O)C1COc2ccc(OC)cc2C1)c1ccc(Br)cc1C(C)C. The van der Waals surface area contributed by atoms with Crippen molar-refractivity contribution in [2.75, 3.05) is 13.7 Å². The molecule has 1 aliphatic heterocycles. The van der Waals surface area contributed by atoms with Crippen LogP contribution in [0.2, 0.25) is 0 Å². The number of carbonyl (C=O) groups is 1. The van der Waals surface area contributed by atoms with Gasteiger partial charge in [-0.3, -0.25) is 4.79 Å². The average Bonchev–Trinajstić information content (AvgIpc) is 2.68. The normalized spacial score (nSPS) is 16.7. The molecule has 27 heavy (non-hydrogen) atoms. The molecule has 0 saturated carbocycles. The van der Waals surface area contributed by atoms with Crippen LogP contribution in [-0.4, -0.2) is 19.5 Å². The highest BCUT2D eigenvalue weighted by Gasteiger charge is 2.29. The van der Waals surface area contributed by atoms with Crippen molar-refractivity contribution in [1.29, 1.82) is 0 Å². The summed E-state index contributed by atoms with van der Waals surface area (Å²) in [6.45, 7) is 6.63. The fourth-order valence-corrected chi connectivity index (χ4v) is 3.95. The first-order chi connectivity index (χ1) is 12.9. The first-order valence-electron chi connectivity index (χ1n) is 9.24. The molecular weight excluding hydrogens is 404 g/mol. The fourth-order valence-electron chi connectivity index (χ4n) is 3.57. The van der Waals surface area contributed by atoms with Crippen molar-refractivity contribution in [3.63, 3.8) is 0 Å². The molecule has 142 valence electrons. The van der Waals surface area contributed by atoms with E-state index in [0.717, 1.165) is 32.7 Å². The number of allylic oxidation sites excluding steroid dienone is 2. The number of hydrogen-bond acceptors (Lipinski definition) is 3. The summed E-state index contributed by atoms with van der Waals surface area (Å²) in [6.07, 6.45) is 2.59. The van der Waals surface area contributed by atoms with Crippen LogP contribution in [0, 0.1) is 5.92 Å². The van der Waals surface area contributed by atoms with E-state index in [1.807, 2.05) is 43.3 Å². The maximum absolute atomic E-state index is 13.4. The summed E-state index contributed by atoms with van der Waals surface area (Å²) in [4.78, 5) is 13.4. The second-order valence-electron chi connectivity index (χ2n) is 7.14. The highest BCUT2D eigenvalue weighted by Crippen LogP contribution is 2.35. The summed E-state index contributed by atoms with van der Waals surface area (Å²) in [5.74, 6) is 1.89. The Hall–Kier alpha value is -2.07. The van der Waals surface area contributed by atoms with Crippen molar-refractivity contribution in [2.45, 2.75) is 33.1 Å². The lowest BCUT2D eigenvalue weighted by Gasteiger charge is -2.26. The number of ether oxygens (including phenoxy) is 2. The number of rotatable bonds is 5. The molecule has 1 unspecified atom stereocenters. The van der Waals surface area contributed by atoms with Crippen LogP contribution in [0.1, 0.15) is 43.4 Å². The van der Waals surface area contributed by atoms with E-state index < -0.39 is 0 Å². The molecule has 0 spiro atoms. The third-order valence-electron chi connectivity index (χ3n) is 5.02. The monoisotopic (exact) mass is 428 g/mol. The number of benzene rings is 2. The van der Waals surface area contributed by atoms with Crippen molar-refractivity contribution in [1.82, 2.24) is 0 Å². The van der Waals surface area contributed by atoms with E-state index in [4.69, 9.17) is 9.47 Å². The van der Waals surface area contributed by atoms with Crippen LogP contribution >= 0.6 is 15.9 Å². The van der Waals surface area contributed by atoms with Gasteiger partial charge < -0.3 is 9.47 Å². The Morgan fingerprint density at radius 3 is 2.70 bits per heavy atom. The fraction of sp³-hybridized carbons (Fsp3) is 0.348. The van der Waals surface area contributed by atoms with Crippen molar-refractivity contribution in [3.8, 4) is 11.5 Å². The third-order valence-corrected chi connectivity index (χ3v) is 5.52. The van der Waals surface area contributed by atoms with Crippen molar-refractivity contribution in [2.24, 2.45) is 5.92 Å². The van der Waals surface area contributed by atoms with Gasteiger partial charge in [-0.05, 0) is 66.3 Å². The third kappa shape index (κ3) is 4.11. The van der Waals surface area contributed by atoms with Gasteiger partial charge in [0.05, 0.1) is 19.6 Å². The molecule has 0 radical (unpaired) electrons. The van der Waals surface area contributed by atoms with Crippen LogP contribution in [0.3, 0.4) is 0 Å². The zero-order valence-corrected chi connectivity index (χ0v) is 17.8. The summed E-state index contributed by atoms with van der Waals surface area (Å²) in [7, 11) is 1.65. The number of fused-ring (bicyclic) bond motifs is 1. The van der Waals surface area contributed by atoms with Gasteiger partial charge in [-0.25, -0.2) is 0 Å². The van der Waals surface area contributed by atoms with E-state index in [0.29, 0.717) is 18.9 Å². The lowest BCUT2D eigenvalue weighted by atomic mass is 9.84. The van der Waals surface area contributed by atoms with Crippen LogP contribution in [0.5, 0.6) is 11.5 Å². The Balaban J connectivity index is 1.91. The van der Waals surface area contributed by atoms with E-state index in [-0.39, 0.29) is 11.7 Å². The van der Waals surface area contributed by atoms with Crippen LogP contribution in [-0.2, 0) is 11.2 Å². The molecule has 2 aromatic rings. The van der Waals surface area contributed by atoms with E-state index >= 15 is 0 Å². The smallest absolute Gasteiger partial charge is 0.169 e. The molecular formula is C23H25BrO3. The van der Waals surface area contributed by atoms with Crippen molar-refractivity contribution in [3.05, 3.63) is 63.6 Å². The Labute approximate surface area is 169 Å². The summed E-state index contributed by atoms with van der Waals surface area (Å²) in [6, 6.07) is 11.9. The number of methoxy groups -OCH3 is 1. The second kappa shape index (κ2) is 8.30. The van der Waals surface area contributed by atoms with Gasteiger partial charge in [-0.1, -0.05) is 41.9 Å². The van der Waals surface area contributed by atoms with Gasteiger partial charge in [0.1, 0.15) is 11.5 Å². The molecule has 1 heterocycles. The predicted molar refractivity (Wildman–Crippen MR) is 113 cm³/mol. The number of halogens is 1. The van der Waals surface area contributed by atoms with Gasteiger partial charge in [0.25, 0.3) is 0 Å². The molecule has 0 bridgehead atoms. The number of Topliss-reactive ketones (excluding diaryl/α,β-unsaturated/α-hetero) is 1. The number of hydrogen-bond donors (Lipinski definition) is 0. The van der Waals surface area contributed by atoms with Gasteiger partial charge in [0.2, 0.25) is 0 Å². The quantitative estimate of drug-likeness (QED) is 0.563. The molecule has 0 N–H and O–H groups in total. The Morgan fingerprint density at radius 2 is 2.04 bits per heavy atom. The minimum absolute atomic E-state index is 0.134. The second-order valence-corrected chi connectivity index (χ2v) is 8.05. The van der Waals surface area contributed by atoms with Gasteiger partial charge in [-0.2, -0.15) is 0 Å². The Bertz CT molecular complexity index is 883. The molecule has 1 aliphatic rings.